The minimum Gasteiger partial charge on any atom is -0.496 e. The average Bonchev–Trinajstić information content (AvgIpc) is 2.89. The molecular formula is C15H13FN2O. The van der Waals surface area contributed by atoms with Crippen LogP contribution in [0.4, 0.5) is 4.39 Å². The van der Waals surface area contributed by atoms with Crippen molar-refractivity contribution in [1.82, 2.24) is 9.38 Å². The maximum Gasteiger partial charge on any atom is 0.148 e. The number of halogens is 1. The second kappa shape index (κ2) is 4.39. The van der Waals surface area contributed by atoms with E-state index >= 15 is 0 Å². The van der Waals surface area contributed by atoms with E-state index in [9.17, 15) is 4.39 Å². The minimum absolute atomic E-state index is 0.239. The second-order valence-corrected chi connectivity index (χ2v) is 4.35. The summed E-state index contributed by atoms with van der Waals surface area (Å²) in [6, 6.07) is 7.14. The topological polar surface area (TPSA) is 26.5 Å². The van der Waals surface area contributed by atoms with Gasteiger partial charge in [-0.1, -0.05) is 18.2 Å². The van der Waals surface area contributed by atoms with Gasteiger partial charge in [-0.25, -0.2) is 9.37 Å². The van der Waals surface area contributed by atoms with E-state index in [0.717, 1.165) is 0 Å². The van der Waals surface area contributed by atoms with E-state index in [1.54, 1.807) is 32.4 Å². The zero-order chi connectivity index (χ0) is 13.4. The highest BCUT2D eigenvalue weighted by atomic mass is 19.1. The molecule has 3 rings (SSSR count). The third-order valence-corrected chi connectivity index (χ3v) is 3.21. The summed E-state index contributed by atoms with van der Waals surface area (Å²) >= 11 is 0. The SMILES string of the molecule is COc1ccn2ccnc2c1-c1cccc(C)c1F. The zero-order valence-corrected chi connectivity index (χ0v) is 10.7. The summed E-state index contributed by atoms with van der Waals surface area (Å²) in [4.78, 5) is 4.29. The van der Waals surface area contributed by atoms with Crippen molar-refractivity contribution in [2.75, 3.05) is 7.11 Å². The molecular weight excluding hydrogens is 243 g/mol. The normalized spacial score (nSPS) is 10.9. The number of imidazole rings is 1. The highest BCUT2D eigenvalue weighted by Gasteiger charge is 2.16. The van der Waals surface area contributed by atoms with Crippen LogP contribution in [0.2, 0.25) is 0 Å². The summed E-state index contributed by atoms with van der Waals surface area (Å²) in [6.45, 7) is 1.75. The van der Waals surface area contributed by atoms with Gasteiger partial charge in [0, 0.05) is 24.2 Å². The highest BCUT2D eigenvalue weighted by molar-refractivity contribution is 5.83. The van der Waals surface area contributed by atoms with Crippen molar-refractivity contribution in [1.29, 1.82) is 0 Å². The van der Waals surface area contributed by atoms with E-state index in [-0.39, 0.29) is 5.82 Å². The van der Waals surface area contributed by atoms with Gasteiger partial charge >= 0.3 is 0 Å². The van der Waals surface area contributed by atoms with Gasteiger partial charge in [0.15, 0.2) is 0 Å². The molecule has 1 aromatic carbocycles. The Morgan fingerprint density at radius 3 is 2.84 bits per heavy atom. The Balaban J connectivity index is 2.40. The first-order valence-corrected chi connectivity index (χ1v) is 5.97. The van der Waals surface area contributed by atoms with E-state index in [0.29, 0.717) is 28.1 Å². The molecule has 19 heavy (non-hydrogen) atoms. The number of rotatable bonds is 2. The molecule has 3 nitrogen and oxygen atoms in total. The standard InChI is InChI=1S/C15H13FN2O/c1-10-4-3-5-11(14(10)16)13-12(19-2)6-8-18-9-7-17-15(13)18/h3-9H,1-2H3. The van der Waals surface area contributed by atoms with Crippen molar-refractivity contribution in [3.63, 3.8) is 0 Å². The molecule has 4 heteroatoms. The van der Waals surface area contributed by atoms with E-state index in [1.807, 2.05) is 28.9 Å². The monoisotopic (exact) mass is 256 g/mol. The number of methoxy groups -OCH3 is 1. The molecule has 0 saturated carbocycles. The summed E-state index contributed by atoms with van der Waals surface area (Å²) in [5, 5.41) is 0. The van der Waals surface area contributed by atoms with E-state index in [2.05, 4.69) is 4.98 Å². The van der Waals surface area contributed by atoms with E-state index < -0.39 is 0 Å². The third kappa shape index (κ3) is 1.76. The molecule has 0 radical (unpaired) electrons. The Morgan fingerprint density at radius 1 is 1.21 bits per heavy atom. The van der Waals surface area contributed by atoms with Gasteiger partial charge in [-0.05, 0) is 18.6 Å². The fraction of sp³-hybridized carbons (Fsp3) is 0.133. The number of benzene rings is 1. The summed E-state index contributed by atoms with van der Waals surface area (Å²) in [5.41, 5.74) is 2.47. The molecule has 0 N–H and O–H groups in total. The molecule has 0 fully saturated rings. The second-order valence-electron chi connectivity index (χ2n) is 4.35. The maximum atomic E-state index is 14.3. The van der Waals surface area contributed by atoms with Crippen LogP contribution in [0.5, 0.6) is 5.75 Å². The smallest absolute Gasteiger partial charge is 0.148 e. The molecule has 0 unspecified atom stereocenters. The molecule has 0 bridgehead atoms. The van der Waals surface area contributed by atoms with Gasteiger partial charge in [0.25, 0.3) is 0 Å². The summed E-state index contributed by atoms with van der Waals surface area (Å²) < 4.78 is 21.5. The summed E-state index contributed by atoms with van der Waals surface area (Å²) in [5.74, 6) is 0.375. The molecule has 2 aromatic heterocycles. The van der Waals surface area contributed by atoms with Gasteiger partial charge in [-0.2, -0.15) is 0 Å². The van der Waals surface area contributed by atoms with Gasteiger partial charge in [0.2, 0.25) is 0 Å². The van der Waals surface area contributed by atoms with Crippen molar-refractivity contribution >= 4 is 5.65 Å². The number of fused-ring (bicyclic) bond motifs is 1. The Hall–Kier alpha value is -2.36. The van der Waals surface area contributed by atoms with Crippen LogP contribution in [-0.4, -0.2) is 16.5 Å². The van der Waals surface area contributed by atoms with Crippen LogP contribution in [0.3, 0.4) is 0 Å². The van der Waals surface area contributed by atoms with Gasteiger partial charge in [0.05, 0.1) is 12.7 Å². The molecule has 2 heterocycles. The lowest BCUT2D eigenvalue weighted by molar-refractivity contribution is 0.416. The van der Waals surface area contributed by atoms with Gasteiger partial charge < -0.3 is 9.14 Å². The molecule has 0 saturated heterocycles. The Kier molecular flexibility index (Phi) is 2.71. The maximum absolute atomic E-state index is 14.3. The Labute approximate surface area is 110 Å². The Morgan fingerprint density at radius 2 is 2.05 bits per heavy atom. The number of hydrogen-bond donors (Lipinski definition) is 0. The van der Waals surface area contributed by atoms with Crippen molar-refractivity contribution in [3.8, 4) is 16.9 Å². The highest BCUT2D eigenvalue weighted by Crippen LogP contribution is 2.35. The van der Waals surface area contributed by atoms with Crippen LogP contribution in [0.1, 0.15) is 5.56 Å². The van der Waals surface area contributed by atoms with Gasteiger partial charge in [0.1, 0.15) is 17.2 Å². The van der Waals surface area contributed by atoms with Gasteiger partial charge in [-0.15, -0.1) is 0 Å². The molecule has 0 aliphatic carbocycles. The first-order valence-electron chi connectivity index (χ1n) is 5.97. The van der Waals surface area contributed by atoms with Crippen LogP contribution >= 0.6 is 0 Å². The minimum atomic E-state index is -0.239. The van der Waals surface area contributed by atoms with Gasteiger partial charge in [-0.3, -0.25) is 0 Å². The van der Waals surface area contributed by atoms with Crippen LogP contribution in [0, 0.1) is 12.7 Å². The van der Waals surface area contributed by atoms with Crippen molar-refractivity contribution in [2.45, 2.75) is 6.92 Å². The number of aryl methyl sites for hydroxylation is 1. The number of ether oxygens (including phenoxy) is 1. The average molecular weight is 256 g/mol. The molecule has 0 amide bonds. The van der Waals surface area contributed by atoms with Crippen molar-refractivity contribution < 1.29 is 9.13 Å². The molecule has 0 atom stereocenters. The summed E-state index contributed by atoms with van der Waals surface area (Å²) in [7, 11) is 1.58. The quantitative estimate of drug-likeness (QED) is 0.702. The fourth-order valence-corrected chi connectivity index (χ4v) is 2.23. The van der Waals surface area contributed by atoms with Crippen molar-refractivity contribution in [2.24, 2.45) is 0 Å². The molecule has 3 aromatic rings. The lowest BCUT2D eigenvalue weighted by atomic mass is 10.0. The Bertz CT molecular complexity index is 749. The first kappa shape index (κ1) is 11.7. The van der Waals surface area contributed by atoms with Crippen molar-refractivity contribution in [3.05, 3.63) is 54.2 Å². The van der Waals surface area contributed by atoms with E-state index in [4.69, 9.17) is 4.74 Å². The summed E-state index contributed by atoms with van der Waals surface area (Å²) in [6.07, 6.45) is 5.36. The lowest BCUT2D eigenvalue weighted by Crippen LogP contribution is -1.96. The van der Waals surface area contributed by atoms with Crippen LogP contribution < -0.4 is 4.74 Å². The zero-order valence-electron chi connectivity index (χ0n) is 10.7. The molecule has 0 spiro atoms. The van der Waals surface area contributed by atoms with Crippen LogP contribution in [0.25, 0.3) is 16.8 Å². The fourth-order valence-electron chi connectivity index (χ4n) is 2.23. The number of aromatic nitrogens is 2. The number of nitrogens with zero attached hydrogens (tertiary/aromatic N) is 2. The van der Waals surface area contributed by atoms with Crippen LogP contribution in [0.15, 0.2) is 42.9 Å². The molecule has 0 aliphatic heterocycles. The largest absolute Gasteiger partial charge is 0.496 e. The molecule has 0 aliphatic rings. The third-order valence-electron chi connectivity index (χ3n) is 3.21. The number of pyridine rings is 1. The first-order chi connectivity index (χ1) is 9.22. The predicted octanol–water partition coefficient (Wildman–Crippen LogP) is 3.46. The van der Waals surface area contributed by atoms with E-state index in [1.165, 1.54) is 0 Å². The predicted molar refractivity (Wildman–Crippen MR) is 71.9 cm³/mol. The number of hydrogen-bond acceptors (Lipinski definition) is 2. The lowest BCUT2D eigenvalue weighted by Gasteiger charge is -2.12. The molecule has 96 valence electrons. The van der Waals surface area contributed by atoms with Crippen LogP contribution in [-0.2, 0) is 0 Å².